The third-order valence-electron chi connectivity index (χ3n) is 5.88. The van der Waals surface area contributed by atoms with Crippen LogP contribution in [0, 0.1) is 0 Å². The van der Waals surface area contributed by atoms with Gasteiger partial charge in [0.2, 0.25) is 0 Å². The van der Waals surface area contributed by atoms with E-state index < -0.39 is 11.7 Å². The lowest BCUT2D eigenvalue weighted by Gasteiger charge is -2.47. The molecule has 0 amide bonds. The van der Waals surface area contributed by atoms with Gasteiger partial charge in [0.05, 0.1) is 11.1 Å². The van der Waals surface area contributed by atoms with Crippen molar-refractivity contribution in [1.29, 1.82) is 0 Å². The third kappa shape index (κ3) is 2.99. The first-order valence-corrected chi connectivity index (χ1v) is 10.4. The van der Waals surface area contributed by atoms with Gasteiger partial charge in [0.1, 0.15) is 16.9 Å². The van der Waals surface area contributed by atoms with Gasteiger partial charge in [0.15, 0.2) is 5.01 Å². The number of hydrogen-bond donors (Lipinski definition) is 2. The Hall–Kier alpha value is -2.38. The van der Waals surface area contributed by atoms with E-state index in [4.69, 9.17) is 0 Å². The predicted octanol–water partition coefficient (Wildman–Crippen LogP) is 4.48. The molecule has 2 fully saturated rings. The largest absolute Gasteiger partial charge is 0.507 e. The van der Waals surface area contributed by atoms with Gasteiger partial charge in [-0.25, -0.2) is 4.39 Å². The van der Waals surface area contributed by atoms with E-state index in [1.807, 2.05) is 25.1 Å². The summed E-state index contributed by atoms with van der Waals surface area (Å²) in [5, 5.41) is 25.5. The van der Waals surface area contributed by atoms with Crippen molar-refractivity contribution in [3.63, 3.8) is 0 Å². The van der Waals surface area contributed by atoms with Crippen LogP contribution in [0.4, 0.5) is 4.39 Å². The maximum absolute atomic E-state index is 15.1. The highest BCUT2D eigenvalue weighted by atomic mass is 32.1. The Morgan fingerprint density at radius 2 is 2.21 bits per heavy atom. The Bertz CT molecular complexity index is 1080. The predicted molar refractivity (Wildman–Crippen MR) is 109 cm³/mol. The molecule has 2 saturated heterocycles. The van der Waals surface area contributed by atoms with Crippen LogP contribution in [-0.4, -0.2) is 38.0 Å². The normalized spacial score (nSPS) is 28.7. The molecule has 28 heavy (non-hydrogen) atoms. The van der Waals surface area contributed by atoms with E-state index in [2.05, 4.69) is 20.5 Å². The zero-order valence-electron chi connectivity index (χ0n) is 15.5. The maximum atomic E-state index is 15.1. The van der Waals surface area contributed by atoms with Gasteiger partial charge in [-0.15, -0.1) is 10.2 Å². The van der Waals surface area contributed by atoms with Crippen LogP contribution in [0.25, 0.3) is 27.4 Å². The van der Waals surface area contributed by atoms with E-state index in [0.29, 0.717) is 28.0 Å². The van der Waals surface area contributed by atoms with Crippen LogP contribution in [-0.2, 0) is 0 Å². The molecule has 3 atom stereocenters. The summed E-state index contributed by atoms with van der Waals surface area (Å²) < 4.78 is 15.1. The van der Waals surface area contributed by atoms with Crippen LogP contribution >= 0.6 is 11.3 Å². The number of pyridine rings is 1. The Labute approximate surface area is 166 Å². The summed E-state index contributed by atoms with van der Waals surface area (Å²) >= 11 is 1.37. The highest BCUT2D eigenvalue weighted by Gasteiger charge is 2.45. The molecule has 2 aliphatic rings. The molecule has 144 valence electrons. The number of aromatic hydroxyl groups is 1. The minimum absolute atomic E-state index is 0.142. The fourth-order valence-electron chi connectivity index (χ4n) is 4.46. The molecule has 2 aliphatic heterocycles. The van der Waals surface area contributed by atoms with E-state index in [0.717, 1.165) is 35.6 Å². The van der Waals surface area contributed by atoms with E-state index in [-0.39, 0.29) is 5.75 Å². The molecule has 4 heterocycles. The molecular formula is C21H21FN4OS. The molecule has 0 unspecified atom stereocenters. The van der Waals surface area contributed by atoms with Crippen molar-refractivity contribution < 1.29 is 9.50 Å². The second-order valence-electron chi connectivity index (χ2n) is 7.97. The van der Waals surface area contributed by atoms with Crippen LogP contribution in [0.3, 0.4) is 0 Å². The number of nitrogens with zero attached hydrogens (tertiary/aromatic N) is 3. The lowest BCUT2D eigenvalue weighted by Crippen LogP contribution is -2.61. The highest BCUT2D eigenvalue weighted by molar-refractivity contribution is 7.15. The van der Waals surface area contributed by atoms with Gasteiger partial charge in [-0.1, -0.05) is 11.3 Å². The molecule has 1 aromatic carbocycles. The van der Waals surface area contributed by atoms with Crippen molar-refractivity contribution >= 4 is 28.2 Å². The van der Waals surface area contributed by atoms with E-state index in [1.54, 1.807) is 18.5 Å². The molecule has 0 spiro atoms. The molecule has 7 heteroatoms. The summed E-state index contributed by atoms with van der Waals surface area (Å²) in [5.74, 6) is 0.142. The van der Waals surface area contributed by atoms with Gasteiger partial charge >= 0.3 is 0 Å². The molecule has 5 rings (SSSR count). The lowest BCUT2D eigenvalue weighted by molar-refractivity contribution is 0.0993. The van der Waals surface area contributed by atoms with Crippen molar-refractivity contribution in [1.82, 2.24) is 20.5 Å². The van der Waals surface area contributed by atoms with Gasteiger partial charge < -0.3 is 10.4 Å². The number of alkyl halides is 1. The first-order chi connectivity index (χ1) is 13.5. The minimum Gasteiger partial charge on any atom is -0.507 e. The molecule has 0 aliphatic carbocycles. The summed E-state index contributed by atoms with van der Waals surface area (Å²) in [5.41, 5.74) is 0.944. The maximum Gasteiger partial charge on any atom is 0.151 e. The quantitative estimate of drug-likeness (QED) is 0.668. The van der Waals surface area contributed by atoms with Gasteiger partial charge in [-0.2, -0.15) is 0 Å². The number of nitrogens with one attached hydrogen (secondary N) is 1. The van der Waals surface area contributed by atoms with Crippen molar-refractivity contribution in [2.45, 2.75) is 50.4 Å². The van der Waals surface area contributed by atoms with Crippen LogP contribution in [0.1, 0.15) is 37.6 Å². The Morgan fingerprint density at radius 3 is 3.11 bits per heavy atom. The molecular weight excluding hydrogens is 375 g/mol. The van der Waals surface area contributed by atoms with Gasteiger partial charge in [0, 0.05) is 23.8 Å². The molecule has 2 bridgehead atoms. The summed E-state index contributed by atoms with van der Waals surface area (Å²) in [6, 6.07) is 5.80. The molecule has 0 radical (unpaired) electrons. The number of halogens is 1. The van der Waals surface area contributed by atoms with Crippen LogP contribution in [0.15, 0.2) is 36.2 Å². The van der Waals surface area contributed by atoms with Crippen molar-refractivity contribution in [2.75, 3.05) is 0 Å². The number of benzene rings is 1. The fraction of sp³-hybridized carbons (Fsp3) is 0.381. The second-order valence-corrected chi connectivity index (χ2v) is 8.98. The Kier molecular flexibility index (Phi) is 4.17. The average molecular weight is 396 g/mol. The Morgan fingerprint density at radius 1 is 1.32 bits per heavy atom. The van der Waals surface area contributed by atoms with Gasteiger partial charge in [0.25, 0.3) is 0 Å². The van der Waals surface area contributed by atoms with Gasteiger partial charge in [-0.3, -0.25) is 4.98 Å². The monoisotopic (exact) mass is 396 g/mol. The average Bonchev–Trinajstić information content (AvgIpc) is 3.14. The SMILES string of the molecule is C[C@]12CCC[C@H](C/C(=C\c3nnc(-c4cc5ccncc5cc4O)s3)[C@@H]1F)N2. The molecule has 0 saturated carbocycles. The topological polar surface area (TPSA) is 70.9 Å². The number of fused-ring (bicyclic) bond motifs is 3. The van der Waals surface area contributed by atoms with Crippen LogP contribution in [0.2, 0.25) is 0 Å². The number of phenolic OH excluding ortho intramolecular Hbond substituents is 1. The second kappa shape index (κ2) is 6.60. The molecule has 2 N–H and O–H groups in total. The lowest BCUT2D eigenvalue weighted by atomic mass is 9.74. The number of hydrogen-bond acceptors (Lipinski definition) is 6. The van der Waals surface area contributed by atoms with Crippen LogP contribution < -0.4 is 5.32 Å². The number of phenols is 1. The number of aromatic nitrogens is 3. The van der Waals surface area contributed by atoms with E-state index in [9.17, 15) is 5.11 Å². The standard InChI is InChI=1S/C21H21FN4OS/c1-21-5-2-3-15(24-21)7-13(19(21)22)10-18-25-26-20(28-18)16-8-12-4-6-23-11-14(12)9-17(16)27/h4,6,8-11,15,19,24,27H,2-3,5,7H2,1H3/b13-10+/t15-,19+,21+/m1/s1. The molecule has 3 aromatic rings. The zero-order chi connectivity index (χ0) is 19.3. The first kappa shape index (κ1) is 17.7. The number of rotatable bonds is 2. The Balaban J connectivity index is 1.48. The summed E-state index contributed by atoms with van der Waals surface area (Å²) in [7, 11) is 0. The fourth-order valence-corrected chi connectivity index (χ4v) is 5.31. The first-order valence-electron chi connectivity index (χ1n) is 9.55. The third-order valence-corrected chi connectivity index (χ3v) is 6.79. The number of piperidine rings is 2. The van der Waals surface area contributed by atoms with Crippen molar-refractivity contribution in [2.24, 2.45) is 0 Å². The minimum atomic E-state index is -1.02. The zero-order valence-corrected chi connectivity index (χ0v) is 16.3. The van der Waals surface area contributed by atoms with E-state index >= 15 is 4.39 Å². The van der Waals surface area contributed by atoms with Gasteiger partial charge in [-0.05, 0) is 67.8 Å². The molecule has 2 aromatic heterocycles. The smallest absolute Gasteiger partial charge is 0.151 e. The summed E-state index contributed by atoms with van der Waals surface area (Å²) in [6.45, 7) is 1.98. The highest BCUT2D eigenvalue weighted by Crippen LogP contribution is 2.40. The van der Waals surface area contributed by atoms with Crippen molar-refractivity contribution in [3.05, 3.63) is 41.2 Å². The van der Waals surface area contributed by atoms with Crippen LogP contribution in [0.5, 0.6) is 5.75 Å². The van der Waals surface area contributed by atoms with Crippen molar-refractivity contribution in [3.8, 4) is 16.3 Å². The summed E-state index contributed by atoms with van der Waals surface area (Å²) in [4.78, 5) is 4.08. The van der Waals surface area contributed by atoms with E-state index in [1.165, 1.54) is 11.3 Å². The summed E-state index contributed by atoms with van der Waals surface area (Å²) in [6.07, 6.45) is 7.98. The molecule has 5 nitrogen and oxygen atoms in total.